The summed E-state index contributed by atoms with van der Waals surface area (Å²) in [4.78, 5) is 0. The SMILES string of the molecule is NC(=S)NNc1ccccc1.Nc1ccccc1. The van der Waals surface area contributed by atoms with Crippen molar-refractivity contribution in [3.05, 3.63) is 60.7 Å². The van der Waals surface area contributed by atoms with Crippen LogP contribution in [0.25, 0.3) is 0 Å². The van der Waals surface area contributed by atoms with E-state index >= 15 is 0 Å². The number of para-hydroxylation sites is 2. The number of nitrogens with two attached hydrogens (primary N) is 2. The van der Waals surface area contributed by atoms with E-state index in [0.29, 0.717) is 0 Å². The Kier molecular flexibility index (Phi) is 6.07. The zero-order valence-electron chi connectivity index (χ0n) is 9.84. The highest BCUT2D eigenvalue weighted by molar-refractivity contribution is 7.80. The Bertz CT molecular complexity index is 459. The number of anilines is 2. The first-order valence-corrected chi connectivity index (χ1v) is 5.76. The van der Waals surface area contributed by atoms with Crippen LogP contribution in [0.3, 0.4) is 0 Å². The Labute approximate surface area is 112 Å². The van der Waals surface area contributed by atoms with E-state index in [1.807, 2.05) is 60.7 Å². The minimum absolute atomic E-state index is 0.230. The van der Waals surface area contributed by atoms with Crippen molar-refractivity contribution in [2.75, 3.05) is 11.2 Å². The predicted octanol–water partition coefficient (Wildman–Crippen LogP) is 2.12. The van der Waals surface area contributed by atoms with Crippen LogP contribution in [0.4, 0.5) is 11.4 Å². The standard InChI is InChI=1S/C7H9N3S.C6H7N/c8-7(11)10-9-6-4-2-1-3-5-6;7-6-4-2-1-3-5-6/h1-5,9H,(H3,8,10,11);1-5H,7H2. The molecule has 2 rings (SSSR count). The first kappa shape index (κ1) is 13.8. The minimum Gasteiger partial charge on any atom is -0.399 e. The maximum absolute atomic E-state index is 5.36. The van der Waals surface area contributed by atoms with E-state index < -0.39 is 0 Å². The molecule has 0 unspecified atom stereocenters. The molecule has 0 radical (unpaired) electrons. The lowest BCUT2D eigenvalue weighted by atomic mass is 10.3. The van der Waals surface area contributed by atoms with Gasteiger partial charge in [0.1, 0.15) is 0 Å². The minimum atomic E-state index is 0.230. The van der Waals surface area contributed by atoms with Gasteiger partial charge in [-0.25, -0.2) is 0 Å². The van der Waals surface area contributed by atoms with E-state index in [1.54, 1.807) is 0 Å². The van der Waals surface area contributed by atoms with Crippen LogP contribution < -0.4 is 22.3 Å². The zero-order chi connectivity index (χ0) is 13.2. The quantitative estimate of drug-likeness (QED) is 0.378. The van der Waals surface area contributed by atoms with Crippen LogP contribution in [0.5, 0.6) is 0 Å². The van der Waals surface area contributed by atoms with E-state index in [-0.39, 0.29) is 5.11 Å². The average molecular weight is 260 g/mol. The van der Waals surface area contributed by atoms with Gasteiger partial charge in [-0.2, -0.15) is 0 Å². The predicted molar refractivity (Wildman–Crippen MR) is 80.8 cm³/mol. The molecule has 18 heavy (non-hydrogen) atoms. The summed E-state index contributed by atoms with van der Waals surface area (Å²) >= 11 is 4.60. The van der Waals surface area contributed by atoms with Crippen molar-refractivity contribution in [2.45, 2.75) is 0 Å². The highest BCUT2D eigenvalue weighted by atomic mass is 32.1. The molecule has 0 saturated carbocycles. The highest BCUT2D eigenvalue weighted by Crippen LogP contribution is 2.01. The average Bonchev–Trinajstić information content (AvgIpc) is 2.39. The number of nitrogens with one attached hydrogen (secondary N) is 2. The number of thiocarbonyl (C=S) groups is 1. The summed E-state index contributed by atoms with van der Waals surface area (Å²) in [5.74, 6) is 0. The van der Waals surface area contributed by atoms with Gasteiger partial charge in [-0.05, 0) is 36.5 Å². The third kappa shape index (κ3) is 6.34. The fourth-order valence-electron chi connectivity index (χ4n) is 1.11. The normalized spacial score (nSPS) is 8.67. The lowest BCUT2D eigenvalue weighted by Crippen LogP contribution is -2.33. The fourth-order valence-corrected chi connectivity index (χ4v) is 1.16. The molecule has 0 aliphatic rings. The van der Waals surface area contributed by atoms with E-state index in [9.17, 15) is 0 Å². The van der Waals surface area contributed by atoms with Crippen LogP contribution in [-0.4, -0.2) is 5.11 Å². The van der Waals surface area contributed by atoms with Crippen molar-refractivity contribution in [3.63, 3.8) is 0 Å². The van der Waals surface area contributed by atoms with Crippen molar-refractivity contribution in [3.8, 4) is 0 Å². The molecular weight excluding hydrogens is 244 g/mol. The van der Waals surface area contributed by atoms with Gasteiger partial charge in [0.05, 0.1) is 5.69 Å². The number of hydrazine groups is 1. The van der Waals surface area contributed by atoms with Gasteiger partial charge in [0.15, 0.2) is 5.11 Å². The molecule has 0 saturated heterocycles. The fraction of sp³-hybridized carbons (Fsp3) is 0. The van der Waals surface area contributed by atoms with Crippen LogP contribution in [0.15, 0.2) is 60.7 Å². The molecule has 0 aliphatic heterocycles. The molecule has 5 heteroatoms. The number of hydrogen-bond acceptors (Lipinski definition) is 3. The number of hydrogen-bond donors (Lipinski definition) is 4. The molecule has 94 valence electrons. The van der Waals surface area contributed by atoms with Crippen LogP contribution in [0.2, 0.25) is 0 Å². The summed E-state index contributed by atoms with van der Waals surface area (Å²) in [6, 6.07) is 19.1. The van der Waals surface area contributed by atoms with Crippen LogP contribution >= 0.6 is 12.2 Å². The first-order chi connectivity index (χ1) is 8.68. The van der Waals surface area contributed by atoms with E-state index in [4.69, 9.17) is 11.5 Å². The van der Waals surface area contributed by atoms with Crippen molar-refractivity contribution < 1.29 is 0 Å². The van der Waals surface area contributed by atoms with E-state index in [1.165, 1.54) is 0 Å². The summed E-state index contributed by atoms with van der Waals surface area (Å²) < 4.78 is 0. The molecule has 4 nitrogen and oxygen atoms in total. The molecule has 0 aromatic heterocycles. The maximum Gasteiger partial charge on any atom is 0.182 e. The second-order valence-corrected chi connectivity index (χ2v) is 3.83. The van der Waals surface area contributed by atoms with Gasteiger partial charge >= 0.3 is 0 Å². The van der Waals surface area contributed by atoms with Crippen molar-refractivity contribution >= 4 is 28.7 Å². The molecule has 0 atom stereocenters. The topological polar surface area (TPSA) is 76.1 Å². The Morgan fingerprint density at radius 2 is 1.39 bits per heavy atom. The third-order valence-corrected chi connectivity index (χ3v) is 2.01. The lowest BCUT2D eigenvalue weighted by Gasteiger charge is -2.05. The summed E-state index contributed by atoms with van der Waals surface area (Å²) in [6.45, 7) is 0. The second-order valence-electron chi connectivity index (χ2n) is 3.39. The first-order valence-electron chi connectivity index (χ1n) is 5.35. The van der Waals surface area contributed by atoms with Gasteiger partial charge in [-0.15, -0.1) is 0 Å². The van der Waals surface area contributed by atoms with E-state index in [0.717, 1.165) is 11.4 Å². The summed E-state index contributed by atoms with van der Waals surface area (Å²) in [7, 11) is 0. The van der Waals surface area contributed by atoms with Crippen LogP contribution in [-0.2, 0) is 0 Å². The van der Waals surface area contributed by atoms with Gasteiger partial charge < -0.3 is 11.5 Å². The van der Waals surface area contributed by atoms with Gasteiger partial charge in [-0.1, -0.05) is 36.4 Å². The Morgan fingerprint density at radius 3 is 1.78 bits per heavy atom. The van der Waals surface area contributed by atoms with Gasteiger partial charge in [-0.3, -0.25) is 10.9 Å². The second kappa shape index (κ2) is 7.92. The summed E-state index contributed by atoms with van der Waals surface area (Å²) in [5, 5.41) is 0.230. The summed E-state index contributed by atoms with van der Waals surface area (Å²) in [6.07, 6.45) is 0. The smallest absolute Gasteiger partial charge is 0.182 e. The Morgan fingerprint density at radius 1 is 0.889 bits per heavy atom. The van der Waals surface area contributed by atoms with Gasteiger partial charge in [0.25, 0.3) is 0 Å². The number of nitrogen functional groups attached to an aromatic ring is 1. The Balaban J connectivity index is 0.000000199. The number of rotatable bonds is 2. The number of benzene rings is 2. The van der Waals surface area contributed by atoms with Gasteiger partial charge in [0, 0.05) is 5.69 Å². The molecular formula is C13H16N4S. The van der Waals surface area contributed by atoms with Crippen molar-refractivity contribution in [2.24, 2.45) is 5.73 Å². The molecule has 0 spiro atoms. The Hall–Kier alpha value is -2.27. The molecule has 0 fully saturated rings. The van der Waals surface area contributed by atoms with Gasteiger partial charge in [0.2, 0.25) is 0 Å². The third-order valence-electron chi connectivity index (χ3n) is 1.90. The molecule has 2 aromatic rings. The molecule has 0 heterocycles. The molecule has 0 bridgehead atoms. The highest BCUT2D eigenvalue weighted by Gasteiger charge is 1.86. The monoisotopic (exact) mass is 260 g/mol. The molecule has 0 amide bonds. The van der Waals surface area contributed by atoms with E-state index in [2.05, 4.69) is 23.1 Å². The van der Waals surface area contributed by atoms with Crippen molar-refractivity contribution in [1.82, 2.24) is 5.43 Å². The largest absolute Gasteiger partial charge is 0.399 e. The lowest BCUT2D eigenvalue weighted by molar-refractivity contribution is 1.13. The molecule has 2 aromatic carbocycles. The molecule has 6 N–H and O–H groups in total. The van der Waals surface area contributed by atoms with Crippen LogP contribution in [0.1, 0.15) is 0 Å². The zero-order valence-corrected chi connectivity index (χ0v) is 10.7. The molecule has 0 aliphatic carbocycles. The summed E-state index contributed by atoms with van der Waals surface area (Å²) in [5.41, 5.74) is 17.8. The van der Waals surface area contributed by atoms with Crippen molar-refractivity contribution in [1.29, 1.82) is 0 Å². The van der Waals surface area contributed by atoms with Crippen LogP contribution in [0, 0.1) is 0 Å². The maximum atomic E-state index is 5.36.